The minimum Gasteiger partial charge on any atom is -0.383 e. The Bertz CT molecular complexity index is 269. The average Bonchev–Trinajstić information content (AvgIpc) is 2.86. The molecule has 1 aliphatic rings. The van der Waals surface area contributed by atoms with Gasteiger partial charge in [-0.15, -0.1) is 0 Å². The van der Waals surface area contributed by atoms with Gasteiger partial charge in [0.2, 0.25) is 5.91 Å². The standard InChI is InChI=1S/C12H21N3O2/c1-17-10-9-14(6-4-5-13)11-12(16)15-7-2-3-8-15/h2-4,6-11H2,1H3. The van der Waals surface area contributed by atoms with Crippen LogP contribution >= 0.6 is 0 Å². The van der Waals surface area contributed by atoms with Gasteiger partial charge in [-0.05, 0) is 12.8 Å². The number of methoxy groups -OCH3 is 1. The lowest BCUT2D eigenvalue weighted by Crippen LogP contribution is -2.40. The van der Waals surface area contributed by atoms with Crippen LogP contribution in [0.15, 0.2) is 0 Å². The van der Waals surface area contributed by atoms with Crippen molar-refractivity contribution in [3.05, 3.63) is 0 Å². The molecule has 0 radical (unpaired) electrons. The van der Waals surface area contributed by atoms with Crippen molar-refractivity contribution in [1.82, 2.24) is 9.80 Å². The predicted molar refractivity (Wildman–Crippen MR) is 64.4 cm³/mol. The second-order valence-electron chi connectivity index (χ2n) is 4.26. The summed E-state index contributed by atoms with van der Waals surface area (Å²) in [5.41, 5.74) is 0. The molecule has 96 valence electrons. The van der Waals surface area contributed by atoms with Crippen molar-refractivity contribution in [2.24, 2.45) is 0 Å². The number of amides is 1. The molecule has 0 saturated carbocycles. The van der Waals surface area contributed by atoms with Crippen molar-refractivity contribution < 1.29 is 9.53 Å². The van der Waals surface area contributed by atoms with Crippen LogP contribution in [-0.2, 0) is 9.53 Å². The van der Waals surface area contributed by atoms with E-state index in [1.807, 2.05) is 9.80 Å². The second kappa shape index (κ2) is 8.04. The maximum Gasteiger partial charge on any atom is 0.236 e. The molecule has 0 aromatic carbocycles. The Morgan fingerprint density at radius 2 is 2.12 bits per heavy atom. The minimum atomic E-state index is 0.177. The number of likely N-dealkylation sites (tertiary alicyclic amines) is 1. The van der Waals surface area contributed by atoms with E-state index in [0.717, 1.165) is 25.9 Å². The van der Waals surface area contributed by atoms with Gasteiger partial charge < -0.3 is 9.64 Å². The second-order valence-corrected chi connectivity index (χ2v) is 4.26. The average molecular weight is 239 g/mol. The van der Waals surface area contributed by atoms with Crippen LogP contribution in [0.5, 0.6) is 0 Å². The van der Waals surface area contributed by atoms with Crippen LogP contribution in [0.1, 0.15) is 19.3 Å². The van der Waals surface area contributed by atoms with Crippen LogP contribution in [0.25, 0.3) is 0 Å². The third-order valence-corrected chi connectivity index (χ3v) is 2.97. The number of nitriles is 1. The number of carbonyl (C=O) groups is 1. The van der Waals surface area contributed by atoms with E-state index < -0.39 is 0 Å². The summed E-state index contributed by atoms with van der Waals surface area (Å²) < 4.78 is 5.01. The van der Waals surface area contributed by atoms with Gasteiger partial charge in [0, 0.05) is 39.7 Å². The van der Waals surface area contributed by atoms with Gasteiger partial charge in [-0.1, -0.05) is 0 Å². The fourth-order valence-corrected chi connectivity index (χ4v) is 1.96. The first-order valence-corrected chi connectivity index (χ1v) is 6.14. The van der Waals surface area contributed by atoms with E-state index in [0.29, 0.717) is 32.7 Å². The first-order valence-electron chi connectivity index (χ1n) is 6.14. The molecule has 1 fully saturated rings. The summed E-state index contributed by atoms with van der Waals surface area (Å²) in [4.78, 5) is 15.8. The van der Waals surface area contributed by atoms with Crippen molar-refractivity contribution in [1.29, 1.82) is 5.26 Å². The number of hydrogen-bond donors (Lipinski definition) is 0. The van der Waals surface area contributed by atoms with Gasteiger partial charge in [0.1, 0.15) is 0 Å². The normalized spacial score (nSPS) is 15.2. The minimum absolute atomic E-state index is 0.177. The number of rotatable bonds is 7. The molecule has 5 nitrogen and oxygen atoms in total. The molecule has 0 N–H and O–H groups in total. The molecule has 1 aliphatic heterocycles. The summed E-state index contributed by atoms with van der Waals surface area (Å²) in [6, 6.07) is 2.11. The van der Waals surface area contributed by atoms with Crippen LogP contribution in [0.3, 0.4) is 0 Å². The third kappa shape index (κ3) is 5.16. The van der Waals surface area contributed by atoms with Gasteiger partial charge >= 0.3 is 0 Å². The molecule has 0 aliphatic carbocycles. The van der Waals surface area contributed by atoms with Crippen molar-refractivity contribution >= 4 is 5.91 Å². The molecule has 1 amide bonds. The number of ether oxygens (including phenoxy) is 1. The Balaban J connectivity index is 2.34. The van der Waals surface area contributed by atoms with Crippen molar-refractivity contribution in [3.8, 4) is 6.07 Å². The Labute approximate surface area is 103 Å². The lowest BCUT2D eigenvalue weighted by Gasteiger charge is -2.23. The highest BCUT2D eigenvalue weighted by Crippen LogP contribution is 2.08. The lowest BCUT2D eigenvalue weighted by atomic mass is 10.3. The fraction of sp³-hybridized carbons (Fsp3) is 0.833. The molecule has 1 rings (SSSR count). The van der Waals surface area contributed by atoms with E-state index in [4.69, 9.17) is 10.00 Å². The molecule has 1 heterocycles. The highest BCUT2D eigenvalue weighted by Gasteiger charge is 2.20. The molecule has 0 aromatic rings. The van der Waals surface area contributed by atoms with E-state index >= 15 is 0 Å². The van der Waals surface area contributed by atoms with Gasteiger partial charge in [-0.3, -0.25) is 9.69 Å². The van der Waals surface area contributed by atoms with Crippen LogP contribution in [0.4, 0.5) is 0 Å². The lowest BCUT2D eigenvalue weighted by molar-refractivity contribution is -0.131. The van der Waals surface area contributed by atoms with E-state index in [1.165, 1.54) is 0 Å². The van der Waals surface area contributed by atoms with E-state index in [2.05, 4.69) is 6.07 Å². The Morgan fingerprint density at radius 1 is 1.41 bits per heavy atom. The number of hydrogen-bond acceptors (Lipinski definition) is 4. The van der Waals surface area contributed by atoms with Gasteiger partial charge in [0.05, 0.1) is 19.2 Å². The maximum absolute atomic E-state index is 11.9. The summed E-state index contributed by atoms with van der Waals surface area (Å²) in [5, 5.41) is 8.58. The molecule has 1 saturated heterocycles. The van der Waals surface area contributed by atoms with E-state index in [1.54, 1.807) is 7.11 Å². The summed E-state index contributed by atoms with van der Waals surface area (Å²) in [5.74, 6) is 0.177. The highest BCUT2D eigenvalue weighted by atomic mass is 16.5. The maximum atomic E-state index is 11.9. The first kappa shape index (κ1) is 13.9. The van der Waals surface area contributed by atoms with Crippen molar-refractivity contribution in [3.63, 3.8) is 0 Å². The van der Waals surface area contributed by atoms with Crippen LogP contribution in [0, 0.1) is 11.3 Å². The van der Waals surface area contributed by atoms with Gasteiger partial charge in [0.25, 0.3) is 0 Å². The molecule has 0 spiro atoms. The zero-order valence-corrected chi connectivity index (χ0v) is 10.5. The third-order valence-electron chi connectivity index (χ3n) is 2.97. The zero-order valence-electron chi connectivity index (χ0n) is 10.5. The molecule has 0 aromatic heterocycles. The molecule has 5 heteroatoms. The van der Waals surface area contributed by atoms with Crippen LogP contribution in [0.2, 0.25) is 0 Å². The molecular weight excluding hydrogens is 218 g/mol. The molecule has 0 atom stereocenters. The van der Waals surface area contributed by atoms with Crippen LogP contribution in [-0.4, -0.2) is 62.1 Å². The van der Waals surface area contributed by atoms with Crippen molar-refractivity contribution in [2.45, 2.75) is 19.3 Å². The molecular formula is C12H21N3O2. The Morgan fingerprint density at radius 3 is 2.71 bits per heavy atom. The first-order chi connectivity index (χ1) is 8.27. The number of carbonyl (C=O) groups excluding carboxylic acids is 1. The smallest absolute Gasteiger partial charge is 0.236 e. The summed E-state index contributed by atoms with van der Waals surface area (Å²) in [7, 11) is 1.64. The van der Waals surface area contributed by atoms with Crippen LogP contribution < -0.4 is 0 Å². The van der Waals surface area contributed by atoms with E-state index in [9.17, 15) is 4.79 Å². The Hall–Kier alpha value is -1.12. The SMILES string of the molecule is COCCN(CCC#N)CC(=O)N1CCCC1. The highest BCUT2D eigenvalue weighted by molar-refractivity contribution is 5.78. The molecule has 0 unspecified atom stereocenters. The largest absolute Gasteiger partial charge is 0.383 e. The fourth-order valence-electron chi connectivity index (χ4n) is 1.96. The Kier molecular flexibility index (Phi) is 6.60. The monoisotopic (exact) mass is 239 g/mol. The molecule has 0 bridgehead atoms. The predicted octanol–water partition coefficient (Wildman–Crippen LogP) is 0.471. The van der Waals surface area contributed by atoms with Gasteiger partial charge in [0.15, 0.2) is 0 Å². The number of nitrogens with zero attached hydrogens (tertiary/aromatic N) is 3. The van der Waals surface area contributed by atoms with Gasteiger partial charge in [-0.2, -0.15) is 5.26 Å². The van der Waals surface area contributed by atoms with E-state index in [-0.39, 0.29) is 5.91 Å². The zero-order chi connectivity index (χ0) is 12.5. The summed E-state index contributed by atoms with van der Waals surface area (Å²) >= 11 is 0. The topological polar surface area (TPSA) is 56.6 Å². The summed E-state index contributed by atoms with van der Waals surface area (Å²) in [6.45, 7) is 4.12. The quantitative estimate of drug-likeness (QED) is 0.648. The summed E-state index contributed by atoms with van der Waals surface area (Å²) in [6.07, 6.45) is 2.68. The molecule has 17 heavy (non-hydrogen) atoms. The van der Waals surface area contributed by atoms with Gasteiger partial charge in [-0.25, -0.2) is 0 Å². The van der Waals surface area contributed by atoms with Crippen molar-refractivity contribution in [2.75, 3.05) is 46.4 Å².